The van der Waals surface area contributed by atoms with Crippen LogP contribution in [0.3, 0.4) is 0 Å². The Bertz CT molecular complexity index is 486. The minimum absolute atomic E-state index is 0.0724. The molecule has 1 aliphatic rings. The van der Waals surface area contributed by atoms with Crippen molar-refractivity contribution in [3.8, 4) is 0 Å². The van der Waals surface area contributed by atoms with Gasteiger partial charge < -0.3 is 0 Å². The van der Waals surface area contributed by atoms with Crippen LogP contribution in [0.25, 0.3) is 0 Å². The molecule has 0 fully saturated rings. The van der Waals surface area contributed by atoms with Crippen molar-refractivity contribution in [3.05, 3.63) is 47.0 Å². The molecule has 0 aromatic heterocycles. The SMILES string of the molecule is O=C1C=C(Cc2cccc(C(F)(F)F)c2)CCC1. The number of halogens is 3. The Morgan fingerprint density at radius 3 is 2.61 bits per heavy atom. The van der Waals surface area contributed by atoms with E-state index in [9.17, 15) is 18.0 Å². The van der Waals surface area contributed by atoms with Crippen molar-refractivity contribution in [2.24, 2.45) is 0 Å². The fourth-order valence-corrected chi connectivity index (χ4v) is 2.12. The molecule has 0 unspecified atom stereocenters. The van der Waals surface area contributed by atoms with Crippen LogP contribution < -0.4 is 0 Å². The molecule has 0 heterocycles. The molecule has 4 heteroatoms. The minimum Gasteiger partial charge on any atom is -0.295 e. The zero-order chi connectivity index (χ0) is 13.2. The number of alkyl halides is 3. The van der Waals surface area contributed by atoms with Crippen LogP contribution in [0.2, 0.25) is 0 Å². The predicted octanol–water partition coefficient (Wildman–Crippen LogP) is 3.93. The first-order valence-electron chi connectivity index (χ1n) is 5.83. The average Bonchev–Trinajstić information content (AvgIpc) is 2.28. The van der Waals surface area contributed by atoms with E-state index in [2.05, 4.69) is 0 Å². The van der Waals surface area contributed by atoms with Gasteiger partial charge >= 0.3 is 6.18 Å². The molecule has 1 aromatic carbocycles. The molecule has 1 aromatic rings. The third kappa shape index (κ3) is 3.22. The van der Waals surface area contributed by atoms with E-state index in [4.69, 9.17) is 0 Å². The van der Waals surface area contributed by atoms with E-state index < -0.39 is 11.7 Å². The van der Waals surface area contributed by atoms with Gasteiger partial charge in [-0.05, 0) is 37.0 Å². The summed E-state index contributed by atoms with van der Waals surface area (Å²) >= 11 is 0. The van der Waals surface area contributed by atoms with Crippen LogP contribution in [0.1, 0.15) is 30.4 Å². The normalized spacial score (nSPS) is 16.6. The van der Waals surface area contributed by atoms with E-state index in [1.807, 2.05) is 0 Å². The lowest BCUT2D eigenvalue weighted by atomic mass is 9.93. The van der Waals surface area contributed by atoms with Gasteiger partial charge in [0.15, 0.2) is 5.78 Å². The van der Waals surface area contributed by atoms with Gasteiger partial charge in [-0.25, -0.2) is 0 Å². The number of allylic oxidation sites excluding steroid dienone is 2. The molecule has 1 aliphatic carbocycles. The minimum atomic E-state index is -4.31. The maximum absolute atomic E-state index is 12.5. The summed E-state index contributed by atoms with van der Waals surface area (Å²) in [4.78, 5) is 11.2. The maximum Gasteiger partial charge on any atom is 0.416 e. The van der Waals surface area contributed by atoms with Crippen LogP contribution in [-0.2, 0) is 17.4 Å². The van der Waals surface area contributed by atoms with Gasteiger partial charge in [-0.15, -0.1) is 0 Å². The summed E-state index contributed by atoms with van der Waals surface area (Å²) in [7, 11) is 0. The van der Waals surface area contributed by atoms with E-state index >= 15 is 0 Å². The van der Waals surface area contributed by atoms with Crippen LogP contribution in [0.5, 0.6) is 0 Å². The van der Waals surface area contributed by atoms with Crippen molar-refractivity contribution in [1.82, 2.24) is 0 Å². The van der Waals surface area contributed by atoms with E-state index in [0.29, 0.717) is 18.4 Å². The second kappa shape index (κ2) is 4.96. The molecule has 0 spiro atoms. The summed E-state index contributed by atoms with van der Waals surface area (Å²) in [5.74, 6) is 0.0724. The lowest BCUT2D eigenvalue weighted by molar-refractivity contribution is -0.137. The summed E-state index contributed by atoms with van der Waals surface area (Å²) in [6, 6.07) is 5.28. The second-order valence-corrected chi connectivity index (χ2v) is 4.50. The largest absolute Gasteiger partial charge is 0.416 e. The van der Waals surface area contributed by atoms with Crippen molar-refractivity contribution in [2.75, 3.05) is 0 Å². The van der Waals surface area contributed by atoms with Gasteiger partial charge in [-0.2, -0.15) is 13.2 Å². The standard InChI is InChI=1S/C14H13F3O/c15-14(16,17)12-5-1-3-10(8-12)7-11-4-2-6-13(18)9-11/h1,3,5,8-9H,2,4,6-7H2. The monoisotopic (exact) mass is 254 g/mol. The zero-order valence-corrected chi connectivity index (χ0v) is 9.76. The van der Waals surface area contributed by atoms with Crippen LogP contribution in [0, 0.1) is 0 Å². The van der Waals surface area contributed by atoms with Crippen LogP contribution >= 0.6 is 0 Å². The number of carbonyl (C=O) groups excluding carboxylic acids is 1. The van der Waals surface area contributed by atoms with E-state index in [0.717, 1.165) is 30.5 Å². The molecular formula is C14H13F3O. The summed E-state index contributed by atoms with van der Waals surface area (Å²) in [5.41, 5.74) is 0.888. The Kier molecular flexibility index (Phi) is 3.55. The first-order valence-corrected chi connectivity index (χ1v) is 5.83. The third-order valence-electron chi connectivity index (χ3n) is 2.97. The number of benzene rings is 1. The highest BCUT2D eigenvalue weighted by atomic mass is 19.4. The van der Waals surface area contributed by atoms with Crippen molar-refractivity contribution in [3.63, 3.8) is 0 Å². The molecule has 0 amide bonds. The summed E-state index contributed by atoms with van der Waals surface area (Å²) in [6.45, 7) is 0. The van der Waals surface area contributed by atoms with Gasteiger partial charge in [0.1, 0.15) is 0 Å². The average molecular weight is 254 g/mol. The molecule has 96 valence electrons. The number of hydrogen-bond donors (Lipinski definition) is 0. The van der Waals surface area contributed by atoms with E-state index in [1.54, 1.807) is 12.1 Å². The third-order valence-corrected chi connectivity index (χ3v) is 2.97. The molecule has 0 aliphatic heterocycles. The molecule has 2 rings (SSSR count). The molecule has 0 atom stereocenters. The quantitative estimate of drug-likeness (QED) is 0.781. The Morgan fingerprint density at radius 1 is 1.17 bits per heavy atom. The number of hydrogen-bond acceptors (Lipinski definition) is 1. The number of rotatable bonds is 2. The maximum atomic E-state index is 12.5. The lowest BCUT2D eigenvalue weighted by Crippen LogP contribution is -2.07. The highest BCUT2D eigenvalue weighted by Crippen LogP contribution is 2.30. The van der Waals surface area contributed by atoms with Crippen LogP contribution in [0.4, 0.5) is 13.2 Å². The van der Waals surface area contributed by atoms with Crippen molar-refractivity contribution in [2.45, 2.75) is 31.9 Å². The molecule has 0 saturated carbocycles. The first kappa shape index (κ1) is 12.9. The topological polar surface area (TPSA) is 17.1 Å². The van der Waals surface area contributed by atoms with Gasteiger partial charge in [-0.1, -0.05) is 23.8 Å². The van der Waals surface area contributed by atoms with Gasteiger partial charge in [0.25, 0.3) is 0 Å². The summed E-state index contributed by atoms with van der Waals surface area (Å²) in [5, 5.41) is 0. The number of carbonyl (C=O) groups is 1. The Balaban J connectivity index is 2.17. The predicted molar refractivity (Wildman–Crippen MR) is 62.1 cm³/mol. The molecular weight excluding hydrogens is 241 g/mol. The Morgan fingerprint density at radius 2 is 1.94 bits per heavy atom. The van der Waals surface area contributed by atoms with Crippen molar-refractivity contribution >= 4 is 5.78 Å². The smallest absolute Gasteiger partial charge is 0.295 e. The molecule has 1 nitrogen and oxygen atoms in total. The Hall–Kier alpha value is -1.58. The van der Waals surface area contributed by atoms with Gasteiger partial charge in [0.2, 0.25) is 0 Å². The fraction of sp³-hybridized carbons (Fsp3) is 0.357. The van der Waals surface area contributed by atoms with Gasteiger partial charge in [-0.3, -0.25) is 4.79 Å². The first-order chi connectivity index (χ1) is 8.45. The Labute approximate surface area is 103 Å². The van der Waals surface area contributed by atoms with Gasteiger partial charge in [0, 0.05) is 6.42 Å². The van der Waals surface area contributed by atoms with Gasteiger partial charge in [0.05, 0.1) is 5.56 Å². The lowest BCUT2D eigenvalue weighted by Gasteiger charge is -2.13. The highest BCUT2D eigenvalue weighted by Gasteiger charge is 2.30. The number of ketones is 1. The molecule has 0 saturated heterocycles. The van der Waals surface area contributed by atoms with Crippen LogP contribution in [0.15, 0.2) is 35.9 Å². The molecule has 0 N–H and O–H groups in total. The van der Waals surface area contributed by atoms with Crippen LogP contribution in [-0.4, -0.2) is 5.78 Å². The zero-order valence-electron chi connectivity index (χ0n) is 9.76. The molecule has 0 bridgehead atoms. The molecule has 18 heavy (non-hydrogen) atoms. The van der Waals surface area contributed by atoms with E-state index in [1.165, 1.54) is 6.07 Å². The fourth-order valence-electron chi connectivity index (χ4n) is 2.12. The van der Waals surface area contributed by atoms with E-state index in [-0.39, 0.29) is 5.78 Å². The highest BCUT2D eigenvalue weighted by molar-refractivity contribution is 5.91. The second-order valence-electron chi connectivity index (χ2n) is 4.50. The van der Waals surface area contributed by atoms with Crippen molar-refractivity contribution < 1.29 is 18.0 Å². The summed E-state index contributed by atoms with van der Waals surface area (Å²) in [6.07, 6.45) is -0.177. The summed E-state index contributed by atoms with van der Waals surface area (Å²) < 4.78 is 37.6. The van der Waals surface area contributed by atoms with Crippen molar-refractivity contribution in [1.29, 1.82) is 0 Å². The molecule has 0 radical (unpaired) electrons.